The van der Waals surface area contributed by atoms with Crippen molar-refractivity contribution in [2.75, 3.05) is 13.2 Å². The van der Waals surface area contributed by atoms with Crippen molar-refractivity contribution in [1.82, 2.24) is 9.88 Å². The minimum Gasteiger partial charge on any atom is -0.392 e. The molecule has 0 aromatic carbocycles. The third-order valence-corrected chi connectivity index (χ3v) is 5.34. The Morgan fingerprint density at radius 1 is 1.36 bits per heavy atom. The van der Waals surface area contributed by atoms with Crippen LogP contribution in [0.4, 0.5) is 0 Å². The van der Waals surface area contributed by atoms with Gasteiger partial charge in [0.1, 0.15) is 11.1 Å². The van der Waals surface area contributed by atoms with Crippen molar-refractivity contribution in [3.8, 4) is 0 Å². The summed E-state index contributed by atoms with van der Waals surface area (Å²) in [6.45, 7) is 8.23. The molecular weight excluding hydrogens is 296 g/mol. The molecule has 1 aliphatic carbocycles. The second-order valence-electron chi connectivity index (χ2n) is 6.34. The summed E-state index contributed by atoms with van der Waals surface area (Å²) in [5.41, 5.74) is 1.11. The van der Waals surface area contributed by atoms with Crippen LogP contribution in [0.5, 0.6) is 0 Å². The number of aliphatic hydroxyl groups is 1. The van der Waals surface area contributed by atoms with Gasteiger partial charge in [-0.15, -0.1) is 11.3 Å². The maximum atomic E-state index is 9.82. The monoisotopic (exact) mass is 326 g/mol. The number of ether oxygens (including phenoxy) is 1. The number of hydrogen-bond acceptors (Lipinski definition) is 5. The van der Waals surface area contributed by atoms with E-state index in [0.717, 1.165) is 23.8 Å². The molecular formula is C17H30N2O2S. The van der Waals surface area contributed by atoms with Crippen LogP contribution in [0.2, 0.25) is 0 Å². The average molecular weight is 327 g/mol. The standard InChI is InChI=1S/C17H30N2O2S/c1-4-21-14(3)17-18-15(12-22-17)11-19(10-13(2)20)16-8-6-5-7-9-16/h12-14,16,20H,4-11H2,1-3H3. The van der Waals surface area contributed by atoms with Gasteiger partial charge in [-0.3, -0.25) is 4.90 Å². The summed E-state index contributed by atoms with van der Waals surface area (Å²) in [5.74, 6) is 0. The van der Waals surface area contributed by atoms with E-state index in [9.17, 15) is 5.11 Å². The number of aromatic nitrogens is 1. The Hall–Kier alpha value is -0.490. The van der Waals surface area contributed by atoms with Crippen LogP contribution in [0.25, 0.3) is 0 Å². The predicted octanol–water partition coefficient (Wildman–Crippen LogP) is 3.76. The molecule has 2 unspecified atom stereocenters. The molecule has 5 heteroatoms. The Balaban J connectivity index is 1.99. The van der Waals surface area contributed by atoms with Crippen LogP contribution >= 0.6 is 11.3 Å². The number of nitrogens with zero attached hydrogens (tertiary/aromatic N) is 2. The summed E-state index contributed by atoms with van der Waals surface area (Å²) in [6.07, 6.45) is 6.25. The molecule has 126 valence electrons. The Kier molecular flexibility index (Phi) is 7.28. The van der Waals surface area contributed by atoms with Crippen molar-refractivity contribution in [2.45, 2.75) is 77.7 Å². The summed E-state index contributed by atoms with van der Waals surface area (Å²) in [5, 5.41) is 13.0. The molecule has 1 saturated carbocycles. The fraction of sp³-hybridized carbons (Fsp3) is 0.824. The van der Waals surface area contributed by atoms with Gasteiger partial charge in [-0.2, -0.15) is 0 Å². The molecule has 2 rings (SSSR count). The molecule has 1 aromatic rings. The molecule has 0 amide bonds. The fourth-order valence-electron chi connectivity index (χ4n) is 3.24. The van der Waals surface area contributed by atoms with E-state index in [1.807, 2.05) is 13.8 Å². The Morgan fingerprint density at radius 2 is 2.09 bits per heavy atom. The van der Waals surface area contributed by atoms with E-state index in [4.69, 9.17) is 9.72 Å². The van der Waals surface area contributed by atoms with Gasteiger partial charge in [0.15, 0.2) is 0 Å². The van der Waals surface area contributed by atoms with E-state index < -0.39 is 0 Å². The van der Waals surface area contributed by atoms with Gasteiger partial charge in [0.25, 0.3) is 0 Å². The first-order valence-corrected chi connectivity index (χ1v) is 9.46. The molecule has 1 aliphatic rings. The Bertz CT molecular complexity index is 430. The molecule has 1 heterocycles. The van der Waals surface area contributed by atoms with E-state index in [-0.39, 0.29) is 12.2 Å². The minimum absolute atomic E-state index is 0.0728. The molecule has 0 radical (unpaired) electrons. The third-order valence-electron chi connectivity index (χ3n) is 4.29. The van der Waals surface area contributed by atoms with Crippen LogP contribution in [0.1, 0.15) is 69.7 Å². The Labute approximate surface area is 138 Å². The topological polar surface area (TPSA) is 45.6 Å². The van der Waals surface area contributed by atoms with E-state index in [1.165, 1.54) is 32.1 Å². The number of aliphatic hydroxyl groups excluding tert-OH is 1. The third kappa shape index (κ3) is 5.30. The zero-order chi connectivity index (χ0) is 15.9. The van der Waals surface area contributed by atoms with E-state index >= 15 is 0 Å². The van der Waals surface area contributed by atoms with Crippen LogP contribution in [0, 0.1) is 0 Å². The molecule has 0 aliphatic heterocycles. The highest BCUT2D eigenvalue weighted by Crippen LogP contribution is 2.26. The summed E-state index contributed by atoms with van der Waals surface area (Å²) in [6, 6.07) is 0.595. The second-order valence-corrected chi connectivity index (χ2v) is 7.23. The van der Waals surface area contributed by atoms with Gasteiger partial charge in [0.05, 0.1) is 11.8 Å². The summed E-state index contributed by atoms with van der Waals surface area (Å²) in [7, 11) is 0. The molecule has 0 spiro atoms. The van der Waals surface area contributed by atoms with Crippen LogP contribution in [-0.2, 0) is 11.3 Å². The largest absolute Gasteiger partial charge is 0.392 e. The first kappa shape index (κ1) is 17.9. The van der Waals surface area contributed by atoms with E-state index in [1.54, 1.807) is 11.3 Å². The average Bonchev–Trinajstić information content (AvgIpc) is 2.96. The maximum Gasteiger partial charge on any atom is 0.122 e. The van der Waals surface area contributed by atoms with Crippen LogP contribution < -0.4 is 0 Å². The van der Waals surface area contributed by atoms with Crippen molar-refractivity contribution in [3.63, 3.8) is 0 Å². The van der Waals surface area contributed by atoms with Gasteiger partial charge in [0.2, 0.25) is 0 Å². The predicted molar refractivity (Wildman–Crippen MR) is 91.1 cm³/mol. The molecule has 2 atom stereocenters. The highest BCUT2D eigenvalue weighted by molar-refractivity contribution is 7.09. The molecule has 1 aromatic heterocycles. The lowest BCUT2D eigenvalue weighted by atomic mass is 9.94. The lowest BCUT2D eigenvalue weighted by molar-refractivity contribution is 0.0724. The summed E-state index contributed by atoms with van der Waals surface area (Å²) >= 11 is 1.68. The SMILES string of the molecule is CCOC(C)c1nc(CN(CC(C)O)C2CCCCC2)cs1. The van der Waals surface area contributed by atoms with Crippen LogP contribution in [0.3, 0.4) is 0 Å². The minimum atomic E-state index is -0.289. The summed E-state index contributed by atoms with van der Waals surface area (Å²) < 4.78 is 5.62. The molecule has 1 fully saturated rings. The normalized spacial score (nSPS) is 19.5. The van der Waals surface area contributed by atoms with Gasteiger partial charge in [-0.25, -0.2) is 4.98 Å². The van der Waals surface area contributed by atoms with Crippen molar-refractivity contribution in [1.29, 1.82) is 0 Å². The number of thiazole rings is 1. The fourth-order valence-corrected chi connectivity index (χ4v) is 4.05. The summed E-state index contributed by atoms with van der Waals surface area (Å²) in [4.78, 5) is 7.17. The lowest BCUT2D eigenvalue weighted by Gasteiger charge is -2.34. The van der Waals surface area contributed by atoms with Crippen molar-refractivity contribution >= 4 is 11.3 Å². The zero-order valence-corrected chi connectivity index (χ0v) is 14.9. The molecule has 0 bridgehead atoms. The van der Waals surface area contributed by atoms with Gasteiger partial charge in [-0.05, 0) is 33.6 Å². The molecule has 22 heavy (non-hydrogen) atoms. The lowest BCUT2D eigenvalue weighted by Crippen LogP contribution is -2.40. The van der Waals surface area contributed by atoms with E-state index in [0.29, 0.717) is 12.6 Å². The Morgan fingerprint density at radius 3 is 2.73 bits per heavy atom. The molecule has 1 N–H and O–H groups in total. The van der Waals surface area contributed by atoms with Gasteiger partial charge in [0, 0.05) is 31.1 Å². The number of rotatable bonds is 8. The van der Waals surface area contributed by atoms with Crippen LogP contribution in [-0.4, -0.2) is 40.3 Å². The highest BCUT2D eigenvalue weighted by atomic mass is 32.1. The zero-order valence-electron chi connectivity index (χ0n) is 14.1. The van der Waals surface area contributed by atoms with Crippen LogP contribution in [0.15, 0.2) is 5.38 Å². The van der Waals surface area contributed by atoms with Crippen molar-refractivity contribution < 1.29 is 9.84 Å². The molecule has 4 nitrogen and oxygen atoms in total. The van der Waals surface area contributed by atoms with Gasteiger partial charge in [-0.1, -0.05) is 19.3 Å². The quantitative estimate of drug-likeness (QED) is 0.790. The maximum absolute atomic E-state index is 9.82. The van der Waals surface area contributed by atoms with Gasteiger partial charge >= 0.3 is 0 Å². The second kappa shape index (κ2) is 8.96. The molecule has 0 saturated heterocycles. The first-order valence-electron chi connectivity index (χ1n) is 8.58. The van der Waals surface area contributed by atoms with Gasteiger partial charge < -0.3 is 9.84 Å². The van der Waals surface area contributed by atoms with Crippen molar-refractivity contribution in [2.24, 2.45) is 0 Å². The first-order chi connectivity index (χ1) is 10.6. The van der Waals surface area contributed by atoms with Crippen molar-refractivity contribution in [3.05, 3.63) is 16.1 Å². The smallest absolute Gasteiger partial charge is 0.122 e. The number of hydrogen-bond donors (Lipinski definition) is 1. The highest BCUT2D eigenvalue weighted by Gasteiger charge is 2.23. The van der Waals surface area contributed by atoms with E-state index in [2.05, 4.69) is 17.2 Å².